The van der Waals surface area contributed by atoms with Crippen LogP contribution in [0.25, 0.3) is 0 Å². The van der Waals surface area contributed by atoms with Crippen LogP contribution in [0.2, 0.25) is 0 Å². The Kier molecular flexibility index (Phi) is 7.35. The second kappa shape index (κ2) is 9.72. The molecular formula is C19H23N3O3S. The first-order valence-electron chi connectivity index (χ1n) is 8.29. The van der Waals surface area contributed by atoms with Crippen LogP contribution in [0.15, 0.2) is 46.9 Å². The first kappa shape index (κ1) is 19.7. The van der Waals surface area contributed by atoms with Crippen LogP contribution in [-0.4, -0.2) is 31.2 Å². The van der Waals surface area contributed by atoms with Crippen molar-refractivity contribution in [2.45, 2.75) is 26.3 Å². The molecule has 0 aliphatic carbocycles. The van der Waals surface area contributed by atoms with Gasteiger partial charge in [0.05, 0.1) is 19.7 Å². The Bertz CT molecular complexity index is 757. The fourth-order valence-electron chi connectivity index (χ4n) is 2.34. The smallest absolute Gasteiger partial charge is 0.262 e. The minimum absolute atomic E-state index is 0.0660. The van der Waals surface area contributed by atoms with E-state index in [1.54, 1.807) is 7.11 Å². The van der Waals surface area contributed by atoms with Gasteiger partial charge in [0.1, 0.15) is 11.8 Å². The molecule has 6 nitrogen and oxygen atoms in total. The summed E-state index contributed by atoms with van der Waals surface area (Å²) < 4.78 is 5.23. The number of hydrogen-bond acceptors (Lipinski definition) is 5. The first-order chi connectivity index (χ1) is 12.5. The van der Waals surface area contributed by atoms with Crippen LogP contribution in [-0.2, 0) is 16.0 Å². The number of benzene rings is 1. The predicted octanol–water partition coefficient (Wildman–Crippen LogP) is 2.59. The molecular weight excluding hydrogens is 350 g/mol. The fraction of sp³-hybridized carbons (Fsp3) is 0.316. The molecule has 138 valence electrons. The number of carbonyl (C=O) groups is 2. The number of methoxy groups -OCH3 is 1. The number of thiophene rings is 1. The Morgan fingerprint density at radius 2 is 2.00 bits per heavy atom. The van der Waals surface area contributed by atoms with E-state index in [1.165, 1.54) is 17.6 Å². The van der Waals surface area contributed by atoms with Gasteiger partial charge >= 0.3 is 0 Å². The van der Waals surface area contributed by atoms with Crippen molar-refractivity contribution in [3.8, 4) is 5.75 Å². The highest BCUT2D eigenvalue weighted by Crippen LogP contribution is 2.14. The molecule has 0 bridgehead atoms. The second-order valence-electron chi connectivity index (χ2n) is 6.02. The van der Waals surface area contributed by atoms with E-state index in [2.05, 4.69) is 15.8 Å². The van der Waals surface area contributed by atoms with E-state index in [0.29, 0.717) is 5.75 Å². The van der Waals surface area contributed by atoms with Crippen LogP contribution in [0.1, 0.15) is 24.3 Å². The number of rotatable bonds is 8. The maximum absolute atomic E-state index is 12.4. The van der Waals surface area contributed by atoms with Crippen molar-refractivity contribution < 1.29 is 14.3 Å². The summed E-state index contributed by atoms with van der Waals surface area (Å²) >= 11 is 1.51. The molecule has 0 fully saturated rings. The van der Waals surface area contributed by atoms with Crippen molar-refractivity contribution in [3.63, 3.8) is 0 Å². The summed E-state index contributed by atoms with van der Waals surface area (Å²) in [6.07, 6.45) is 1.78. The molecule has 2 N–H and O–H groups in total. The van der Waals surface area contributed by atoms with Gasteiger partial charge in [0.2, 0.25) is 5.91 Å². The summed E-state index contributed by atoms with van der Waals surface area (Å²) in [5, 5.41) is 8.68. The number of hydrazone groups is 1. The fourth-order valence-corrected chi connectivity index (χ4v) is 3.04. The molecule has 0 spiro atoms. The molecule has 1 atom stereocenters. The van der Waals surface area contributed by atoms with E-state index >= 15 is 0 Å². The quantitative estimate of drug-likeness (QED) is 0.551. The summed E-state index contributed by atoms with van der Waals surface area (Å²) in [6.45, 7) is 3.75. The number of amides is 2. The lowest BCUT2D eigenvalue weighted by atomic mass is 10.0. The molecule has 0 radical (unpaired) electrons. The van der Waals surface area contributed by atoms with Crippen LogP contribution >= 0.6 is 11.3 Å². The lowest BCUT2D eigenvalue weighted by Crippen LogP contribution is -2.49. The summed E-state index contributed by atoms with van der Waals surface area (Å²) in [6, 6.07) is 10.5. The van der Waals surface area contributed by atoms with Gasteiger partial charge in [-0.2, -0.15) is 5.10 Å². The topological polar surface area (TPSA) is 79.8 Å². The zero-order valence-electron chi connectivity index (χ0n) is 15.1. The van der Waals surface area contributed by atoms with Gasteiger partial charge in [-0.3, -0.25) is 9.59 Å². The highest BCUT2D eigenvalue weighted by molar-refractivity contribution is 7.10. The zero-order chi connectivity index (χ0) is 18.9. The van der Waals surface area contributed by atoms with Crippen LogP contribution in [0.5, 0.6) is 5.75 Å². The number of hydrogen-bond donors (Lipinski definition) is 2. The Morgan fingerprint density at radius 1 is 1.23 bits per heavy atom. The maximum Gasteiger partial charge on any atom is 0.262 e. The van der Waals surface area contributed by atoms with E-state index in [-0.39, 0.29) is 24.2 Å². The predicted molar refractivity (Wildman–Crippen MR) is 104 cm³/mol. The highest BCUT2D eigenvalue weighted by Gasteiger charge is 2.24. The van der Waals surface area contributed by atoms with Crippen molar-refractivity contribution >= 4 is 29.4 Å². The van der Waals surface area contributed by atoms with Crippen molar-refractivity contribution in [1.29, 1.82) is 0 Å². The van der Waals surface area contributed by atoms with E-state index in [9.17, 15) is 9.59 Å². The largest absolute Gasteiger partial charge is 0.496 e. The average molecular weight is 373 g/mol. The molecule has 0 aliphatic rings. The lowest BCUT2D eigenvalue weighted by Gasteiger charge is -2.20. The van der Waals surface area contributed by atoms with E-state index in [0.717, 1.165) is 10.4 Å². The number of nitrogens with one attached hydrogen (secondary N) is 2. The van der Waals surface area contributed by atoms with Gasteiger partial charge < -0.3 is 10.1 Å². The summed E-state index contributed by atoms with van der Waals surface area (Å²) in [5.74, 6) is 0.0552. The van der Waals surface area contributed by atoms with E-state index in [4.69, 9.17) is 4.74 Å². The molecule has 2 rings (SSSR count). The number of carbonyl (C=O) groups excluding carboxylic acids is 2. The van der Waals surface area contributed by atoms with Gasteiger partial charge in [0, 0.05) is 10.4 Å². The molecule has 1 aromatic carbocycles. The lowest BCUT2D eigenvalue weighted by molar-refractivity contribution is -0.129. The van der Waals surface area contributed by atoms with Crippen molar-refractivity contribution in [2.75, 3.05) is 7.11 Å². The van der Waals surface area contributed by atoms with Crippen LogP contribution in [0.4, 0.5) is 0 Å². The van der Waals surface area contributed by atoms with Gasteiger partial charge in [0.25, 0.3) is 5.91 Å². The molecule has 0 aliphatic heterocycles. The summed E-state index contributed by atoms with van der Waals surface area (Å²) in [4.78, 5) is 25.5. The zero-order valence-corrected chi connectivity index (χ0v) is 15.9. The molecule has 1 heterocycles. The monoisotopic (exact) mass is 373 g/mol. The van der Waals surface area contributed by atoms with Crippen molar-refractivity contribution in [2.24, 2.45) is 11.0 Å². The first-order valence-corrected chi connectivity index (χ1v) is 9.17. The molecule has 0 saturated carbocycles. The highest BCUT2D eigenvalue weighted by atomic mass is 32.1. The summed E-state index contributed by atoms with van der Waals surface area (Å²) in [7, 11) is 1.57. The van der Waals surface area contributed by atoms with Crippen LogP contribution < -0.4 is 15.5 Å². The third kappa shape index (κ3) is 5.70. The van der Waals surface area contributed by atoms with Crippen molar-refractivity contribution in [3.05, 3.63) is 52.2 Å². The van der Waals surface area contributed by atoms with Gasteiger partial charge in [-0.25, -0.2) is 5.43 Å². The minimum atomic E-state index is -0.655. The minimum Gasteiger partial charge on any atom is -0.496 e. The Hall–Kier alpha value is -2.67. The molecule has 2 amide bonds. The molecule has 0 saturated heterocycles. The Balaban J connectivity index is 1.95. The third-order valence-corrected chi connectivity index (χ3v) is 4.57. The molecule has 1 aromatic heterocycles. The van der Waals surface area contributed by atoms with Crippen LogP contribution in [0, 0.1) is 5.92 Å². The third-order valence-electron chi connectivity index (χ3n) is 3.70. The Morgan fingerprint density at radius 3 is 2.65 bits per heavy atom. The van der Waals surface area contributed by atoms with E-state index in [1.807, 2.05) is 55.6 Å². The van der Waals surface area contributed by atoms with Crippen molar-refractivity contribution in [1.82, 2.24) is 10.7 Å². The molecule has 2 aromatic rings. The standard InChI is InChI=1S/C19H23N3O3S/c1-13(2)18(21-17(23)11-15-8-6-10-26-15)19(24)22-20-12-14-7-4-5-9-16(14)25-3/h4-10,12-13,18H,11H2,1-3H3,(H,21,23)(H,22,24). The van der Waals surface area contributed by atoms with Gasteiger partial charge in [-0.05, 0) is 29.5 Å². The second-order valence-corrected chi connectivity index (χ2v) is 7.05. The molecule has 1 unspecified atom stereocenters. The summed E-state index contributed by atoms with van der Waals surface area (Å²) in [5.41, 5.74) is 3.24. The van der Waals surface area contributed by atoms with Gasteiger partial charge in [-0.1, -0.05) is 32.0 Å². The number of para-hydroxylation sites is 1. The molecule has 26 heavy (non-hydrogen) atoms. The normalized spacial score (nSPS) is 12.2. The number of ether oxygens (including phenoxy) is 1. The number of nitrogens with zero attached hydrogens (tertiary/aromatic N) is 1. The van der Waals surface area contributed by atoms with Gasteiger partial charge in [0.15, 0.2) is 0 Å². The van der Waals surface area contributed by atoms with Gasteiger partial charge in [-0.15, -0.1) is 11.3 Å². The Labute approximate surface area is 157 Å². The van der Waals surface area contributed by atoms with Crippen LogP contribution in [0.3, 0.4) is 0 Å². The maximum atomic E-state index is 12.4. The molecule has 7 heteroatoms. The van der Waals surface area contributed by atoms with E-state index < -0.39 is 6.04 Å². The average Bonchev–Trinajstić information content (AvgIpc) is 3.12. The SMILES string of the molecule is COc1ccccc1C=NNC(=O)C(NC(=O)Cc1cccs1)C(C)C.